The number of anilines is 1. The van der Waals surface area contributed by atoms with Gasteiger partial charge in [-0.05, 0) is 30.0 Å². The molecule has 1 amide bonds. The molecule has 1 atom stereocenters. The molecule has 0 aliphatic carbocycles. The summed E-state index contributed by atoms with van der Waals surface area (Å²) in [5.74, 6) is -1.81. The number of nitrogens with one attached hydrogen (secondary N) is 1. The maximum Gasteiger partial charge on any atom is 0.429 e. The van der Waals surface area contributed by atoms with Crippen molar-refractivity contribution in [1.29, 1.82) is 0 Å². The molecule has 0 radical (unpaired) electrons. The average molecular weight is 373 g/mol. The highest BCUT2D eigenvalue weighted by Crippen LogP contribution is 2.45. The molecular formula is C15H17F6NO3. The van der Waals surface area contributed by atoms with Gasteiger partial charge in [-0.15, -0.1) is 0 Å². The van der Waals surface area contributed by atoms with E-state index in [1.54, 1.807) is 11.4 Å². The van der Waals surface area contributed by atoms with Gasteiger partial charge in [-0.25, -0.2) is 0 Å². The zero-order valence-electron chi connectivity index (χ0n) is 13.2. The molecule has 0 fully saturated rings. The Hall–Kier alpha value is -1.81. The quantitative estimate of drug-likeness (QED) is 0.695. The summed E-state index contributed by atoms with van der Waals surface area (Å²) in [6.45, 7) is 3.78. The molecule has 0 saturated heterocycles. The highest BCUT2D eigenvalue weighted by Gasteiger charge is 2.75. The molecule has 0 spiro atoms. The zero-order valence-corrected chi connectivity index (χ0v) is 13.2. The molecule has 0 bridgehead atoms. The number of carbonyl (C=O) groups excluding carboxylic acids is 1. The first-order chi connectivity index (χ1) is 11.2. The van der Waals surface area contributed by atoms with Crippen LogP contribution in [-0.4, -0.2) is 40.2 Å². The molecule has 1 aromatic rings. The smallest absolute Gasteiger partial charge is 0.380 e. The molecule has 25 heavy (non-hydrogen) atoms. The molecule has 0 aliphatic rings. The van der Waals surface area contributed by atoms with Crippen molar-refractivity contribution < 1.29 is 41.4 Å². The van der Waals surface area contributed by atoms with E-state index >= 15 is 0 Å². The topological polar surface area (TPSA) is 69.6 Å². The van der Waals surface area contributed by atoms with E-state index in [0.29, 0.717) is 12.0 Å². The van der Waals surface area contributed by atoms with Crippen LogP contribution in [0.15, 0.2) is 24.3 Å². The number of hydrogen-bond acceptors (Lipinski definition) is 3. The lowest BCUT2D eigenvalue weighted by Crippen LogP contribution is -2.67. The van der Waals surface area contributed by atoms with Gasteiger partial charge in [0.25, 0.3) is 11.5 Å². The third-order valence-electron chi connectivity index (χ3n) is 3.35. The van der Waals surface area contributed by atoms with Crippen molar-refractivity contribution in [3.05, 3.63) is 29.8 Å². The Kier molecular flexibility index (Phi) is 6.12. The number of aliphatic hydroxyl groups is 2. The van der Waals surface area contributed by atoms with Gasteiger partial charge in [-0.3, -0.25) is 4.79 Å². The molecular weight excluding hydrogens is 356 g/mol. The lowest BCUT2D eigenvalue weighted by atomic mass is 9.94. The molecule has 1 unspecified atom stereocenters. The van der Waals surface area contributed by atoms with Crippen LogP contribution in [0.4, 0.5) is 32.0 Å². The van der Waals surface area contributed by atoms with Crippen molar-refractivity contribution in [2.45, 2.75) is 44.3 Å². The number of aliphatic hydroxyl groups excluding tert-OH is 1. The van der Waals surface area contributed by atoms with Crippen molar-refractivity contribution in [1.82, 2.24) is 0 Å². The fourth-order valence-electron chi connectivity index (χ4n) is 2.12. The normalized spacial score (nSPS) is 14.5. The van der Waals surface area contributed by atoms with Gasteiger partial charge in [0.05, 0.1) is 0 Å². The van der Waals surface area contributed by atoms with Crippen LogP contribution in [0.25, 0.3) is 0 Å². The fraction of sp³-hybridized carbons (Fsp3) is 0.533. The summed E-state index contributed by atoms with van der Waals surface area (Å²) in [7, 11) is 0. The highest BCUT2D eigenvalue weighted by molar-refractivity contribution is 5.95. The number of rotatable bonds is 5. The largest absolute Gasteiger partial charge is 0.429 e. The van der Waals surface area contributed by atoms with E-state index in [4.69, 9.17) is 5.11 Å². The summed E-state index contributed by atoms with van der Waals surface area (Å²) in [6, 6.07) is 5.69. The molecule has 0 aliphatic heterocycles. The number of halogens is 6. The van der Waals surface area contributed by atoms with Crippen LogP contribution in [0.1, 0.15) is 19.4 Å². The van der Waals surface area contributed by atoms with Crippen LogP contribution in [0.3, 0.4) is 0 Å². The first-order valence-electron chi connectivity index (χ1n) is 7.14. The Balaban J connectivity index is 3.06. The van der Waals surface area contributed by atoms with Gasteiger partial charge >= 0.3 is 12.4 Å². The Bertz CT molecular complexity index is 598. The zero-order chi connectivity index (χ0) is 19.6. The maximum absolute atomic E-state index is 12.6. The van der Waals surface area contributed by atoms with Gasteiger partial charge in [0.15, 0.2) is 6.10 Å². The minimum Gasteiger partial charge on any atom is -0.380 e. The van der Waals surface area contributed by atoms with E-state index in [-0.39, 0.29) is 11.6 Å². The number of hydrogen-bond donors (Lipinski definition) is 3. The Morgan fingerprint density at radius 3 is 2.08 bits per heavy atom. The van der Waals surface area contributed by atoms with E-state index in [1.165, 1.54) is 18.2 Å². The molecule has 142 valence electrons. The van der Waals surface area contributed by atoms with Gasteiger partial charge in [-0.1, -0.05) is 26.0 Å². The predicted octanol–water partition coefficient (Wildman–Crippen LogP) is 3.04. The minimum absolute atomic E-state index is 0.103. The van der Waals surface area contributed by atoms with Crippen molar-refractivity contribution in [2.24, 2.45) is 5.92 Å². The summed E-state index contributed by atoms with van der Waals surface area (Å²) < 4.78 is 75.9. The molecule has 0 aromatic heterocycles. The van der Waals surface area contributed by atoms with Crippen LogP contribution in [0, 0.1) is 5.92 Å². The lowest BCUT2D eigenvalue weighted by molar-refractivity contribution is -0.385. The fourth-order valence-corrected chi connectivity index (χ4v) is 2.12. The molecule has 0 saturated carbocycles. The summed E-state index contributed by atoms with van der Waals surface area (Å²) in [5.41, 5.74) is -5.00. The number of benzene rings is 1. The Morgan fingerprint density at radius 2 is 1.64 bits per heavy atom. The molecule has 1 aromatic carbocycles. The molecule has 0 heterocycles. The van der Waals surface area contributed by atoms with E-state index < -0.39 is 30.0 Å². The van der Waals surface area contributed by atoms with E-state index in [9.17, 15) is 36.2 Å². The van der Waals surface area contributed by atoms with E-state index in [2.05, 4.69) is 0 Å². The molecule has 1 rings (SSSR count). The third kappa shape index (κ3) is 4.63. The van der Waals surface area contributed by atoms with Gasteiger partial charge in [0.2, 0.25) is 0 Å². The highest BCUT2D eigenvalue weighted by atomic mass is 19.4. The second kappa shape index (κ2) is 7.20. The van der Waals surface area contributed by atoms with Crippen molar-refractivity contribution in [2.75, 3.05) is 5.32 Å². The second-order valence-electron chi connectivity index (χ2n) is 5.95. The lowest BCUT2D eigenvalue weighted by Gasteiger charge is -2.35. The van der Waals surface area contributed by atoms with Crippen molar-refractivity contribution in [3.63, 3.8) is 0 Å². The van der Waals surface area contributed by atoms with Crippen LogP contribution in [0.2, 0.25) is 0 Å². The van der Waals surface area contributed by atoms with Crippen LogP contribution in [-0.2, 0) is 11.2 Å². The maximum atomic E-state index is 12.6. The number of amides is 1. The Morgan fingerprint density at radius 1 is 1.12 bits per heavy atom. The van der Waals surface area contributed by atoms with E-state index in [0.717, 1.165) is 0 Å². The summed E-state index contributed by atoms with van der Waals surface area (Å²) in [6.07, 6.45) is -15.8. The predicted molar refractivity (Wildman–Crippen MR) is 76.7 cm³/mol. The monoisotopic (exact) mass is 373 g/mol. The molecule has 4 nitrogen and oxygen atoms in total. The number of alkyl halides is 6. The second-order valence-corrected chi connectivity index (χ2v) is 5.95. The summed E-state index contributed by atoms with van der Waals surface area (Å²) in [5, 5.41) is 20.1. The molecule has 10 heteroatoms. The standard InChI is InChI=1S/C15H17F6NO3/c1-8(2)6-9-4-3-5-10(7-9)22-12(24)11(23)13(25,14(16,17)18)15(19,20)21/h3-5,7-8,11,23,25H,6H2,1-2H3,(H,22,24). The van der Waals surface area contributed by atoms with Crippen molar-refractivity contribution in [3.8, 4) is 0 Å². The summed E-state index contributed by atoms with van der Waals surface area (Å²) >= 11 is 0. The van der Waals surface area contributed by atoms with Crippen LogP contribution < -0.4 is 5.32 Å². The SMILES string of the molecule is CC(C)Cc1cccc(NC(=O)C(O)C(O)(C(F)(F)F)C(F)(F)F)c1. The first-order valence-corrected chi connectivity index (χ1v) is 7.14. The van der Waals surface area contributed by atoms with Crippen molar-refractivity contribution >= 4 is 11.6 Å². The molecule has 3 N–H and O–H groups in total. The van der Waals surface area contributed by atoms with Gasteiger partial charge < -0.3 is 15.5 Å². The van der Waals surface area contributed by atoms with Crippen LogP contribution >= 0.6 is 0 Å². The van der Waals surface area contributed by atoms with Gasteiger partial charge in [0.1, 0.15) is 0 Å². The summed E-state index contributed by atoms with van der Waals surface area (Å²) in [4.78, 5) is 11.7. The third-order valence-corrected chi connectivity index (χ3v) is 3.35. The number of carbonyl (C=O) groups is 1. The minimum atomic E-state index is -6.30. The average Bonchev–Trinajstić information content (AvgIpc) is 2.42. The van der Waals surface area contributed by atoms with Gasteiger partial charge in [0, 0.05) is 5.69 Å². The van der Waals surface area contributed by atoms with E-state index in [1.807, 2.05) is 13.8 Å². The first kappa shape index (κ1) is 21.2. The van der Waals surface area contributed by atoms with Crippen LogP contribution in [0.5, 0.6) is 0 Å². The van der Waals surface area contributed by atoms with Gasteiger partial charge in [-0.2, -0.15) is 26.3 Å². The Labute approximate surface area is 139 Å².